The maximum absolute atomic E-state index is 12.3. The van der Waals surface area contributed by atoms with Gasteiger partial charge in [-0.15, -0.1) is 0 Å². The van der Waals surface area contributed by atoms with Gasteiger partial charge in [-0.1, -0.05) is 0 Å². The highest BCUT2D eigenvalue weighted by molar-refractivity contribution is 5.81. The van der Waals surface area contributed by atoms with Crippen molar-refractivity contribution in [1.82, 2.24) is 9.88 Å². The van der Waals surface area contributed by atoms with Crippen LogP contribution in [0.5, 0.6) is 5.75 Å². The molecule has 1 saturated heterocycles. The summed E-state index contributed by atoms with van der Waals surface area (Å²) in [6, 6.07) is 7.34. The van der Waals surface area contributed by atoms with Crippen molar-refractivity contribution < 1.29 is 14.3 Å². The van der Waals surface area contributed by atoms with Crippen LogP contribution in [-0.2, 0) is 16.0 Å². The normalized spacial score (nSPS) is 17.9. The lowest BCUT2D eigenvalue weighted by molar-refractivity contribution is -0.138. The number of aryl methyl sites for hydroxylation is 1. The zero-order chi connectivity index (χ0) is 17.1. The minimum Gasteiger partial charge on any atom is -0.497 e. The van der Waals surface area contributed by atoms with Crippen LogP contribution >= 0.6 is 0 Å². The van der Waals surface area contributed by atoms with E-state index in [-0.39, 0.29) is 17.6 Å². The molecule has 0 saturated carbocycles. The Balaban J connectivity index is 1.73. The van der Waals surface area contributed by atoms with Crippen LogP contribution in [0, 0.1) is 0 Å². The molecule has 2 aromatic rings. The average molecular weight is 330 g/mol. The second-order valence-corrected chi connectivity index (χ2v) is 6.10. The highest BCUT2D eigenvalue weighted by atomic mass is 16.5. The number of carbonyl (C=O) groups excluding carboxylic acids is 1. The first-order chi connectivity index (χ1) is 11.6. The number of ether oxygens (including phenoxy) is 2. The number of hydrogen-bond acceptors (Lipinski definition) is 4. The van der Waals surface area contributed by atoms with Gasteiger partial charge in [-0.05, 0) is 37.6 Å². The van der Waals surface area contributed by atoms with Crippen molar-refractivity contribution in [3.8, 4) is 5.75 Å². The largest absolute Gasteiger partial charge is 0.497 e. The first kappa shape index (κ1) is 16.5. The lowest BCUT2D eigenvalue weighted by atomic mass is 10.1. The Bertz CT molecular complexity index is 799. The Hall–Kier alpha value is -2.34. The second-order valence-electron chi connectivity index (χ2n) is 6.10. The second kappa shape index (κ2) is 7.05. The number of fused-ring (bicyclic) bond motifs is 1. The van der Waals surface area contributed by atoms with E-state index in [1.165, 1.54) is 0 Å². The van der Waals surface area contributed by atoms with Crippen LogP contribution in [0.25, 0.3) is 10.9 Å². The molecule has 1 atom stereocenters. The lowest BCUT2D eigenvalue weighted by Crippen LogP contribution is -2.44. The molecule has 1 aromatic heterocycles. The average Bonchev–Trinajstić information content (AvgIpc) is 2.59. The van der Waals surface area contributed by atoms with E-state index in [1.807, 2.05) is 30.0 Å². The molecule has 128 valence electrons. The minimum atomic E-state index is -0.143. The van der Waals surface area contributed by atoms with Crippen molar-refractivity contribution in [1.29, 1.82) is 0 Å². The summed E-state index contributed by atoms with van der Waals surface area (Å²) in [4.78, 5) is 29.2. The first-order valence-electron chi connectivity index (χ1n) is 8.16. The fourth-order valence-corrected chi connectivity index (χ4v) is 2.99. The quantitative estimate of drug-likeness (QED) is 0.926. The van der Waals surface area contributed by atoms with Crippen molar-refractivity contribution in [3.63, 3.8) is 0 Å². The van der Waals surface area contributed by atoms with E-state index in [9.17, 15) is 9.59 Å². The summed E-state index contributed by atoms with van der Waals surface area (Å²) in [5, 5.41) is 0.899. The molecule has 1 N–H and O–H groups in total. The van der Waals surface area contributed by atoms with E-state index < -0.39 is 0 Å². The number of pyridine rings is 1. The van der Waals surface area contributed by atoms with E-state index in [1.54, 1.807) is 13.2 Å². The summed E-state index contributed by atoms with van der Waals surface area (Å²) < 4.78 is 10.7. The molecule has 1 aromatic carbocycles. The Labute approximate surface area is 140 Å². The van der Waals surface area contributed by atoms with Crippen molar-refractivity contribution in [3.05, 3.63) is 40.2 Å². The topological polar surface area (TPSA) is 71.6 Å². The predicted octanol–water partition coefficient (Wildman–Crippen LogP) is 1.72. The first-order valence-corrected chi connectivity index (χ1v) is 8.16. The lowest BCUT2D eigenvalue weighted by Gasteiger charge is -2.31. The molecule has 0 radical (unpaired) electrons. The van der Waals surface area contributed by atoms with Crippen LogP contribution in [0.3, 0.4) is 0 Å². The van der Waals surface area contributed by atoms with Gasteiger partial charge in [0.2, 0.25) is 5.91 Å². The van der Waals surface area contributed by atoms with Gasteiger partial charge in [0.15, 0.2) is 0 Å². The number of carbonyl (C=O) groups is 1. The third-order valence-corrected chi connectivity index (χ3v) is 4.33. The SMILES string of the molecule is COc1ccc2[nH]c(=O)c(CCC(=O)N3CCOC(C)C3)cc2c1. The number of H-pyrrole nitrogens is 1. The molecule has 1 aliphatic rings. The summed E-state index contributed by atoms with van der Waals surface area (Å²) in [6.07, 6.45) is 0.817. The van der Waals surface area contributed by atoms with Crippen molar-refractivity contribution in [2.24, 2.45) is 0 Å². The summed E-state index contributed by atoms with van der Waals surface area (Å²) >= 11 is 0. The van der Waals surface area contributed by atoms with Crippen LogP contribution in [0.4, 0.5) is 0 Å². The third kappa shape index (κ3) is 3.59. The van der Waals surface area contributed by atoms with Gasteiger partial charge in [-0.25, -0.2) is 0 Å². The predicted molar refractivity (Wildman–Crippen MR) is 91.4 cm³/mol. The van der Waals surface area contributed by atoms with Crippen LogP contribution < -0.4 is 10.3 Å². The van der Waals surface area contributed by atoms with Crippen LogP contribution in [0.2, 0.25) is 0 Å². The Morgan fingerprint density at radius 1 is 1.42 bits per heavy atom. The van der Waals surface area contributed by atoms with Crippen LogP contribution in [0.15, 0.2) is 29.1 Å². The summed E-state index contributed by atoms with van der Waals surface area (Å²) in [5.41, 5.74) is 1.24. The smallest absolute Gasteiger partial charge is 0.251 e. The van der Waals surface area contributed by atoms with E-state index >= 15 is 0 Å². The standard InChI is InChI=1S/C18H22N2O4/c1-12-11-20(7-8-24-12)17(21)6-3-13-9-14-10-15(23-2)4-5-16(14)19-18(13)22/h4-5,9-10,12H,3,6-8,11H2,1-2H3,(H,19,22). The number of aromatic nitrogens is 1. The Morgan fingerprint density at radius 3 is 3.00 bits per heavy atom. The number of amides is 1. The van der Waals surface area contributed by atoms with Gasteiger partial charge in [0.1, 0.15) is 5.75 Å². The zero-order valence-electron chi connectivity index (χ0n) is 14.0. The third-order valence-electron chi connectivity index (χ3n) is 4.33. The van der Waals surface area contributed by atoms with Gasteiger partial charge in [0.25, 0.3) is 5.56 Å². The number of methoxy groups -OCH3 is 1. The molecule has 3 rings (SSSR count). The number of nitrogens with zero attached hydrogens (tertiary/aromatic N) is 1. The summed E-state index contributed by atoms with van der Waals surface area (Å²) in [7, 11) is 1.61. The van der Waals surface area contributed by atoms with Gasteiger partial charge in [0, 0.05) is 36.0 Å². The van der Waals surface area contributed by atoms with Crippen molar-refractivity contribution in [2.45, 2.75) is 25.9 Å². The molecule has 1 fully saturated rings. The van der Waals surface area contributed by atoms with E-state index in [0.717, 1.165) is 16.7 Å². The Kier molecular flexibility index (Phi) is 4.85. The maximum atomic E-state index is 12.3. The summed E-state index contributed by atoms with van der Waals surface area (Å²) in [6.45, 7) is 3.77. The fraction of sp³-hybridized carbons (Fsp3) is 0.444. The zero-order valence-corrected chi connectivity index (χ0v) is 14.0. The monoisotopic (exact) mass is 330 g/mol. The van der Waals surface area contributed by atoms with Crippen LogP contribution in [0.1, 0.15) is 18.9 Å². The van der Waals surface area contributed by atoms with Gasteiger partial charge >= 0.3 is 0 Å². The molecule has 0 spiro atoms. The van der Waals surface area contributed by atoms with Gasteiger partial charge < -0.3 is 19.4 Å². The highest BCUT2D eigenvalue weighted by Crippen LogP contribution is 2.19. The molecule has 24 heavy (non-hydrogen) atoms. The number of nitrogens with one attached hydrogen (secondary N) is 1. The molecule has 6 heteroatoms. The molecule has 6 nitrogen and oxygen atoms in total. The molecule has 1 amide bonds. The minimum absolute atomic E-state index is 0.0651. The maximum Gasteiger partial charge on any atom is 0.251 e. The van der Waals surface area contributed by atoms with Crippen LogP contribution in [-0.4, -0.2) is 48.7 Å². The molecule has 0 bridgehead atoms. The van der Waals surface area contributed by atoms with E-state index in [0.29, 0.717) is 38.1 Å². The fourth-order valence-electron chi connectivity index (χ4n) is 2.99. The molecule has 1 aliphatic heterocycles. The number of aromatic amines is 1. The number of morpholine rings is 1. The molecule has 0 aliphatic carbocycles. The van der Waals surface area contributed by atoms with Gasteiger partial charge in [-0.2, -0.15) is 0 Å². The van der Waals surface area contributed by atoms with Gasteiger partial charge in [-0.3, -0.25) is 9.59 Å². The number of hydrogen-bond donors (Lipinski definition) is 1. The molecule has 1 unspecified atom stereocenters. The number of rotatable bonds is 4. The van der Waals surface area contributed by atoms with E-state index in [4.69, 9.17) is 9.47 Å². The Morgan fingerprint density at radius 2 is 2.25 bits per heavy atom. The van der Waals surface area contributed by atoms with Gasteiger partial charge in [0.05, 0.1) is 19.8 Å². The van der Waals surface area contributed by atoms with Crippen molar-refractivity contribution in [2.75, 3.05) is 26.8 Å². The van der Waals surface area contributed by atoms with E-state index in [2.05, 4.69) is 4.98 Å². The highest BCUT2D eigenvalue weighted by Gasteiger charge is 2.21. The molecular formula is C18H22N2O4. The number of benzene rings is 1. The molecule has 2 heterocycles. The summed E-state index contributed by atoms with van der Waals surface area (Å²) in [5.74, 6) is 0.800. The molecular weight excluding hydrogens is 308 g/mol. The van der Waals surface area contributed by atoms with Crippen molar-refractivity contribution >= 4 is 16.8 Å².